The van der Waals surface area contributed by atoms with Crippen LogP contribution in [0.15, 0.2) is 107 Å². The maximum Gasteiger partial charge on any atom is 0.190 e. The largest absolute Gasteiger partial charge is 0.398 e. The van der Waals surface area contributed by atoms with Crippen molar-refractivity contribution in [2.75, 3.05) is 22.9 Å². The predicted molar refractivity (Wildman–Crippen MR) is 261 cm³/mol. The van der Waals surface area contributed by atoms with Crippen LogP contribution in [0.1, 0.15) is 47.8 Å². The van der Waals surface area contributed by atoms with E-state index in [9.17, 15) is 9.59 Å². The lowest BCUT2D eigenvalue weighted by atomic mass is 9.99. The number of benzene rings is 4. The number of thioether (sulfide) groups is 2. The van der Waals surface area contributed by atoms with E-state index < -0.39 is 0 Å². The molecule has 2 aliphatic heterocycles. The number of aromatic nitrogens is 4. The van der Waals surface area contributed by atoms with Gasteiger partial charge in [-0.05, 0) is 123 Å². The second-order valence-electron chi connectivity index (χ2n) is 15.4. The van der Waals surface area contributed by atoms with E-state index in [4.69, 9.17) is 32.9 Å². The number of hydrogen-bond acceptors (Lipinski definition) is 10. The summed E-state index contributed by atoms with van der Waals surface area (Å²) in [5.74, 6) is 0. The van der Waals surface area contributed by atoms with Gasteiger partial charge in [-0.15, -0.1) is 0 Å². The monoisotopic (exact) mass is 850 g/mol. The first-order valence-corrected chi connectivity index (χ1v) is 21.5. The van der Waals surface area contributed by atoms with Crippen LogP contribution in [0.3, 0.4) is 0 Å². The van der Waals surface area contributed by atoms with E-state index in [0.29, 0.717) is 56.7 Å². The van der Waals surface area contributed by atoms with Crippen molar-refractivity contribution in [2.45, 2.75) is 37.5 Å². The summed E-state index contributed by atoms with van der Waals surface area (Å²) >= 11 is 2.27. The van der Waals surface area contributed by atoms with Crippen LogP contribution in [0.2, 0.25) is 0 Å². The zero-order valence-electron chi connectivity index (χ0n) is 34.4. The molecule has 10 nitrogen and oxygen atoms in total. The molecule has 0 atom stereocenters. The molecule has 4 aromatic carbocycles. The average Bonchev–Trinajstić information content (AvgIpc) is 4.07. The fourth-order valence-corrected chi connectivity index (χ4v) is 9.36. The number of nitrogen functional groups attached to an aromatic ring is 4. The van der Waals surface area contributed by atoms with Crippen molar-refractivity contribution in [3.63, 3.8) is 0 Å². The minimum absolute atomic E-state index is 0.0473. The second kappa shape index (κ2) is 16.0. The Morgan fingerprint density at radius 2 is 0.726 bits per heavy atom. The quantitative estimate of drug-likeness (QED) is 0.0692. The maximum absolute atomic E-state index is 12.3. The van der Waals surface area contributed by atoms with E-state index in [1.165, 1.54) is 13.8 Å². The number of nitrogens with one attached hydrogen (secondary N) is 2. The highest BCUT2D eigenvalue weighted by molar-refractivity contribution is 8.13. The van der Waals surface area contributed by atoms with Crippen molar-refractivity contribution in [1.29, 1.82) is 0 Å². The average molecular weight is 851 g/mol. The molecule has 7 aromatic rings. The Labute approximate surface area is 366 Å². The van der Waals surface area contributed by atoms with Gasteiger partial charge >= 0.3 is 0 Å². The lowest BCUT2D eigenvalue weighted by Crippen LogP contribution is -1.96. The van der Waals surface area contributed by atoms with Crippen molar-refractivity contribution in [3.05, 3.63) is 131 Å². The summed E-state index contributed by atoms with van der Waals surface area (Å²) in [6.45, 7) is 7.15. The molecule has 0 radical (unpaired) electrons. The summed E-state index contributed by atoms with van der Waals surface area (Å²) in [7, 11) is 0. The molecular formula is C50H42N8O2S2. The third-order valence-corrected chi connectivity index (χ3v) is 12.4. The molecule has 2 aliphatic rings. The number of anilines is 4. The normalized spacial score (nSPS) is 11.9. The lowest BCUT2D eigenvalue weighted by molar-refractivity contribution is -0.109. The Hall–Kier alpha value is -7.28. The molecule has 5 heterocycles. The number of nitrogens with two attached hydrogens (primary N) is 4. The van der Waals surface area contributed by atoms with E-state index in [2.05, 4.69) is 22.1 Å². The molecule has 306 valence electrons. The van der Waals surface area contributed by atoms with Crippen molar-refractivity contribution >= 4 is 103 Å². The zero-order chi connectivity index (χ0) is 43.4. The number of rotatable bonds is 6. The van der Waals surface area contributed by atoms with Crippen molar-refractivity contribution < 1.29 is 9.59 Å². The zero-order valence-corrected chi connectivity index (χ0v) is 36.0. The molecule has 10 N–H and O–H groups in total. The molecule has 0 saturated heterocycles. The van der Waals surface area contributed by atoms with Crippen LogP contribution in [0.25, 0.3) is 90.9 Å². The molecule has 0 saturated carbocycles. The Bertz CT molecular complexity index is 3080. The van der Waals surface area contributed by atoms with E-state index in [1.54, 1.807) is 0 Å². The molecule has 0 fully saturated rings. The van der Waals surface area contributed by atoms with Crippen LogP contribution in [0.5, 0.6) is 0 Å². The second-order valence-corrected chi connectivity index (χ2v) is 17.9. The minimum Gasteiger partial charge on any atom is -0.398 e. The topological polar surface area (TPSA) is 196 Å². The highest BCUT2D eigenvalue weighted by Crippen LogP contribution is 2.43. The standard InChI is InChI=1S/C50H42N8O2S2/c1-25-5-9-35(51)31(21-25)47-39-13-14-40(55-39)48(32-22-26(2)6-10-36(32)52)42-16-18-44(57-42)50(34-24-30(62-28(4)60)8-12-38(34)54)46-20-19-45(58-46)49(43-17-15-41(47)56-43)33-23-29(61-27(3)59)7-11-37(33)53/h5-24,56-57H,51-54H2,1-4H3. The van der Waals surface area contributed by atoms with E-state index in [-0.39, 0.29) is 10.2 Å². The van der Waals surface area contributed by atoms with Gasteiger partial charge in [0, 0.05) is 113 Å². The number of nitrogens with zero attached hydrogens (tertiary/aromatic N) is 2. The third kappa shape index (κ3) is 7.54. The molecule has 0 spiro atoms. The smallest absolute Gasteiger partial charge is 0.190 e. The molecule has 0 amide bonds. The van der Waals surface area contributed by atoms with Crippen molar-refractivity contribution in [2.24, 2.45) is 0 Å². The van der Waals surface area contributed by atoms with Crippen LogP contribution in [-0.2, 0) is 9.59 Å². The Morgan fingerprint density at radius 1 is 0.435 bits per heavy atom. The van der Waals surface area contributed by atoms with Crippen molar-refractivity contribution in [3.8, 4) is 44.5 Å². The highest BCUT2D eigenvalue weighted by atomic mass is 32.2. The summed E-state index contributed by atoms with van der Waals surface area (Å²) in [6, 6.07) is 31.2. The van der Waals surface area contributed by atoms with Crippen LogP contribution in [-0.4, -0.2) is 30.2 Å². The first-order valence-electron chi connectivity index (χ1n) is 19.9. The number of carbonyl (C=O) groups is 2. The van der Waals surface area contributed by atoms with Crippen LogP contribution < -0.4 is 22.9 Å². The lowest BCUT2D eigenvalue weighted by Gasteiger charge is -2.12. The van der Waals surface area contributed by atoms with E-state index >= 15 is 0 Å². The molecule has 8 bridgehead atoms. The number of aromatic amines is 2. The number of fused-ring (bicyclic) bond motifs is 8. The highest BCUT2D eigenvalue weighted by Gasteiger charge is 2.22. The Morgan fingerprint density at radius 3 is 1.03 bits per heavy atom. The summed E-state index contributed by atoms with van der Waals surface area (Å²) in [4.78, 5) is 44.4. The molecule has 0 unspecified atom stereocenters. The molecule has 3 aromatic heterocycles. The van der Waals surface area contributed by atoms with Gasteiger partial charge in [0.1, 0.15) is 0 Å². The van der Waals surface area contributed by atoms with Gasteiger partial charge in [0.25, 0.3) is 0 Å². The van der Waals surface area contributed by atoms with Gasteiger partial charge in [-0.2, -0.15) is 0 Å². The fraction of sp³-hybridized carbons (Fsp3) is 0.0800. The fourth-order valence-electron chi connectivity index (χ4n) is 8.07. The van der Waals surface area contributed by atoms with Crippen LogP contribution >= 0.6 is 23.5 Å². The Kier molecular flexibility index (Phi) is 10.3. The van der Waals surface area contributed by atoms with E-state index in [0.717, 1.165) is 99.9 Å². The third-order valence-electron chi connectivity index (χ3n) is 10.8. The van der Waals surface area contributed by atoms with Gasteiger partial charge < -0.3 is 32.9 Å². The summed E-state index contributed by atoms with van der Waals surface area (Å²) in [6.07, 6.45) is 7.93. The number of H-pyrrole nitrogens is 2. The number of carbonyl (C=O) groups excluding carboxylic acids is 2. The summed E-state index contributed by atoms with van der Waals surface area (Å²) in [5, 5.41) is -0.0945. The van der Waals surface area contributed by atoms with Gasteiger partial charge in [-0.25, -0.2) is 9.97 Å². The van der Waals surface area contributed by atoms with Gasteiger partial charge in [-0.3, -0.25) is 9.59 Å². The van der Waals surface area contributed by atoms with Gasteiger partial charge in [0.15, 0.2) is 10.2 Å². The van der Waals surface area contributed by atoms with E-state index in [1.807, 2.05) is 123 Å². The molecule has 62 heavy (non-hydrogen) atoms. The molecule has 0 aliphatic carbocycles. The molecular weight excluding hydrogens is 809 g/mol. The molecule has 12 heteroatoms. The van der Waals surface area contributed by atoms with Gasteiger partial charge in [0.05, 0.1) is 22.8 Å². The van der Waals surface area contributed by atoms with Gasteiger partial charge in [0.2, 0.25) is 0 Å². The van der Waals surface area contributed by atoms with Crippen LogP contribution in [0.4, 0.5) is 22.7 Å². The molecule has 9 rings (SSSR count). The van der Waals surface area contributed by atoms with Gasteiger partial charge in [-0.1, -0.05) is 46.8 Å². The number of aryl methyl sites for hydroxylation is 2. The van der Waals surface area contributed by atoms with Crippen molar-refractivity contribution in [1.82, 2.24) is 19.9 Å². The van der Waals surface area contributed by atoms with Crippen LogP contribution in [0, 0.1) is 13.8 Å². The summed E-state index contributed by atoms with van der Waals surface area (Å²) in [5.41, 5.74) is 43.2. The summed E-state index contributed by atoms with van der Waals surface area (Å²) < 4.78 is 0. The Balaban J connectivity index is 1.50. The predicted octanol–water partition coefficient (Wildman–Crippen LogP) is 11.5. The SMILES string of the molecule is CC(=O)Sc1ccc(N)c(-c2c3nc(c(-c4cc(SC(C)=O)ccc4N)c4ccc([nH]4)c(-c4cc(C)ccc4N)c4nc(c(-c5cc(C)ccc5N)c5ccc2[nH]5)C=C4)C=C3)c1. The first kappa shape index (κ1) is 40.1. The number of hydrogen-bond donors (Lipinski definition) is 6. The maximum atomic E-state index is 12.3. The first-order chi connectivity index (χ1) is 29.8. The minimum atomic E-state index is -0.0473.